The third-order valence-corrected chi connectivity index (χ3v) is 5.21. The van der Waals surface area contributed by atoms with Crippen molar-refractivity contribution in [3.8, 4) is 0 Å². The van der Waals surface area contributed by atoms with Crippen molar-refractivity contribution >= 4 is 39.1 Å². The van der Waals surface area contributed by atoms with E-state index in [1.807, 2.05) is 64.1 Å². The van der Waals surface area contributed by atoms with Gasteiger partial charge in [-0.25, -0.2) is 4.98 Å². The maximum absolute atomic E-state index is 12.8. The molecule has 2 N–H and O–H groups in total. The zero-order chi connectivity index (χ0) is 19.6. The van der Waals surface area contributed by atoms with Crippen LogP contribution in [-0.2, 0) is 4.79 Å². The number of aromatic nitrogens is 1. The van der Waals surface area contributed by atoms with E-state index in [1.165, 1.54) is 0 Å². The minimum Gasteiger partial charge on any atom is -0.340 e. The molecule has 2 aromatic carbocycles. The second-order valence-electron chi connectivity index (χ2n) is 6.97. The van der Waals surface area contributed by atoms with Crippen LogP contribution in [-0.4, -0.2) is 22.8 Å². The maximum atomic E-state index is 12.8. The highest BCUT2D eigenvalue weighted by Crippen LogP contribution is 2.25. The molecule has 0 saturated carbocycles. The highest BCUT2D eigenvalue weighted by Gasteiger charge is 2.25. The van der Waals surface area contributed by atoms with E-state index in [9.17, 15) is 9.59 Å². The molecular formula is C21H23N3O2S. The molecule has 0 aliphatic rings. The fourth-order valence-corrected chi connectivity index (χ4v) is 3.75. The summed E-state index contributed by atoms with van der Waals surface area (Å²) in [5.74, 6) is -0.527. The lowest BCUT2D eigenvalue weighted by Gasteiger charge is -2.22. The number of hydrogen-bond acceptors (Lipinski definition) is 4. The van der Waals surface area contributed by atoms with E-state index in [1.54, 1.807) is 17.4 Å². The van der Waals surface area contributed by atoms with Gasteiger partial charge in [0.2, 0.25) is 5.91 Å². The van der Waals surface area contributed by atoms with E-state index in [4.69, 9.17) is 0 Å². The summed E-state index contributed by atoms with van der Waals surface area (Å²) < 4.78 is 1.02. The number of fused-ring (bicyclic) bond motifs is 1. The highest BCUT2D eigenvalue weighted by atomic mass is 32.1. The average Bonchev–Trinajstić information content (AvgIpc) is 2.98. The van der Waals surface area contributed by atoms with E-state index in [0.717, 1.165) is 20.8 Å². The Balaban J connectivity index is 1.75. The minimum absolute atomic E-state index is 0.0480. The molecule has 0 saturated heterocycles. The number of thiazole rings is 1. The summed E-state index contributed by atoms with van der Waals surface area (Å²) in [7, 11) is 0. The summed E-state index contributed by atoms with van der Waals surface area (Å²) in [5, 5.41) is 6.76. The van der Waals surface area contributed by atoms with Gasteiger partial charge in [0.15, 0.2) is 0 Å². The van der Waals surface area contributed by atoms with Crippen LogP contribution in [0, 0.1) is 19.8 Å². The number of amides is 2. The third kappa shape index (κ3) is 4.52. The van der Waals surface area contributed by atoms with Crippen LogP contribution in [0.15, 0.2) is 42.5 Å². The van der Waals surface area contributed by atoms with Crippen molar-refractivity contribution in [2.75, 3.05) is 5.32 Å². The smallest absolute Gasteiger partial charge is 0.251 e. The van der Waals surface area contributed by atoms with Crippen LogP contribution >= 0.6 is 11.3 Å². The molecule has 3 rings (SSSR count). The fourth-order valence-electron chi connectivity index (χ4n) is 2.88. The van der Waals surface area contributed by atoms with Gasteiger partial charge in [0.05, 0.1) is 15.2 Å². The molecule has 27 heavy (non-hydrogen) atoms. The molecule has 0 radical (unpaired) electrons. The number of benzene rings is 2. The van der Waals surface area contributed by atoms with Crippen molar-refractivity contribution < 1.29 is 9.59 Å². The minimum atomic E-state index is -0.628. The Kier molecular flexibility index (Phi) is 5.56. The lowest BCUT2D eigenvalue weighted by atomic mass is 10.0. The number of nitrogens with one attached hydrogen (secondary N) is 2. The number of nitrogens with zero attached hydrogens (tertiary/aromatic N) is 1. The second-order valence-corrected chi connectivity index (χ2v) is 8.20. The Morgan fingerprint density at radius 3 is 2.56 bits per heavy atom. The van der Waals surface area contributed by atoms with E-state index in [-0.39, 0.29) is 17.7 Å². The fraction of sp³-hybridized carbons (Fsp3) is 0.286. The summed E-state index contributed by atoms with van der Waals surface area (Å²) >= 11 is 1.59. The Hall–Kier alpha value is -2.73. The number of hydrogen-bond donors (Lipinski definition) is 2. The van der Waals surface area contributed by atoms with Gasteiger partial charge < -0.3 is 10.6 Å². The molecular weight excluding hydrogens is 358 g/mol. The molecule has 1 atom stereocenters. The van der Waals surface area contributed by atoms with Crippen LogP contribution in [0.5, 0.6) is 0 Å². The lowest BCUT2D eigenvalue weighted by molar-refractivity contribution is -0.118. The number of rotatable bonds is 5. The van der Waals surface area contributed by atoms with Gasteiger partial charge in [0.25, 0.3) is 5.91 Å². The van der Waals surface area contributed by atoms with Gasteiger partial charge in [0, 0.05) is 11.3 Å². The number of anilines is 1. The Bertz CT molecular complexity index is 994. The van der Waals surface area contributed by atoms with Gasteiger partial charge in [-0.3, -0.25) is 9.59 Å². The molecule has 0 aliphatic heterocycles. The number of aryl methyl sites for hydroxylation is 2. The van der Waals surface area contributed by atoms with Gasteiger partial charge >= 0.3 is 0 Å². The molecule has 0 bridgehead atoms. The molecule has 5 nitrogen and oxygen atoms in total. The zero-order valence-electron chi connectivity index (χ0n) is 15.9. The third-order valence-electron chi connectivity index (χ3n) is 4.28. The van der Waals surface area contributed by atoms with Gasteiger partial charge in [0.1, 0.15) is 6.04 Å². The van der Waals surface area contributed by atoms with E-state index in [2.05, 4.69) is 15.6 Å². The van der Waals surface area contributed by atoms with Crippen molar-refractivity contribution in [2.45, 2.75) is 33.7 Å². The van der Waals surface area contributed by atoms with Crippen molar-refractivity contribution in [1.82, 2.24) is 10.3 Å². The summed E-state index contributed by atoms with van der Waals surface area (Å²) in [6, 6.07) is 12.3. The quantitative estimate of drug-likeness (QED) is 0.692. The summed E-state index contributed by atoms with van der Waals surface area (Å²) in [6.45, 7) is 7.71. The standard InChI is InChI=1S/C21H23N3O2S/c1-12(2)19(24-20(25)15-7-5-6-13(3)10-15)21(26)23-16-8-9-17-18(11-16)27-14(4)22-17/h5-12,19H,1-4H3,(H,23,26)(H,24,25)/t19-/m1/s1. The highest BCUT2D eigenvalue weighted by molar-refractivity contribution is 7.18. The average molecular weight is 382 g/mol. The molecule has 1 aromatic heterocycles. The molecule has 0 aliphatic carbocycles. The van der Waals surface area contributed by atoms with Crippen molar-refractivity contribution in [3.05, 3.63) is 58.6 Å². The van der Waals surface area contributed by atoms with Gasteiger partial charge in [-0.05, 0) is 50.1 Å². The Labute approximate surface area is 162 Å². The van der Waals surface area contributed by atoms with Crippen molar-refractivity contribution in [1.29, 1.82) is 0 Å². The van der Waals surface area contributed by atoms with E-state index >= 15 is 0 Å². The lowest BCUT2D eigenvalue weighted by Crippen LogP contribution is -2.47. The van der Waals surface area contributed by atoms with Crippen LogP contribution < -0.4 is 10.6 Å². The van der Waals surface area contributed by atoms with Gasteiger partial charge in [-0.15, -0.1) is 11.3 Å². The first kappa shape index (κ1) is 19.0. The molecule has 0 unspecified atom stereocenters. The van der Waals surface area contributed by atoms with Gasteiger partial charge in [-0.2, -0.15) is 0 Å². The van der Waals surface area contributed by atoms with E-state index < -0.39 is 6.04 Å². The summed E-state index contributed by atoms with van der Waals surface area (Å²) in [6.07, 6.45) is 0. The first-order valence-corrected chi connectivity index (χ1v) is 9.70. The maximum Gasteiger partial charge on any atom is 0.251 e. The molecule has 2 amide bonds. The van der Waals surface area contributed by atoms with Crippen molar-refractivity contribution in [2.24, 2.45) is 5.92 Å². The summed E-state index contributed by atoms with van der Waals surface area (Å²) in [5.41, 5.74) is 3.17. The number of carbonyl (C=O) groups is 2. The normalized spacial score (nSPS) is 12.2. The SMILES string of the molecule is Cc1cccc(C(=O)N[C@@H](C(=O)Nc2ccc3nc(C)sc3c2)C(C)C)c1. The number of carbonyl (C=O) groups excluding carboxylic acids is 2. The molecule has 140 valence electrons. The van der Waals surface area contributed by atoms with E-state index in [0.29, 0.717) is 11.3 Å². The monoisotopic (exact) mass is 381 g/mol. The molecule has 6 heteroatoms. The molecule has 0 fully saturated rings. The predicted octanol–water partition coefficient (Wildman–Crippen LogP) is 4.31. The van der Waals surface area contributed by atoms with Crippen LogP contribution in [0.3, 0.4) is 0 Å². The molecule has 0 spiro atoms. The van der Waals surface area contributed by atoms with Crippen LogP contribution in [0.4, 0.5) is 5.69 Å². The first-order valence-electron chi connectivity index (χ1n) is 8.89. The summed E-state index contributed by atoms with van der Waals surface area (Å²) in [4.78, 5) is 29.8. The topological polar surface area (TPSA) is 71.1 Å². The van der Waals surface area contributed by atoms with Crippen LogP contribution in [0.25, 0.3) is 10.2 Å². The second kappa shape index (κ2) is 7.88. The van der Waals surface area contributed by atoms with Crippen molar-refractivity contribution in [3.63, 3.8) is 0 Å². The molecule has 3 aromatic rings. The first-order chi connectivity index (χ1) is 12.8. The Morgan fingerprint density at radius 1 is 1.07 bits per heavy atom. The van der Waals surface area contributed by atoms with Crippen LogP contribution in [0.2, 0.25) is 0 Å². The largest absolute Gasteiger partial charge is 0.340 e. The predicted molar refractivity (Wildman–Crippen MR) is 110 cm³/mol. The molecule has 1 heterocycles. The van der Waals surface area contributed by atoms with Crippen LogP contribution in [0.1, 0.15) is 34.8 Å². The zero-order valence-corrected chi connectivity index (χ0v) is 16.7. The Morgan fingerprint density at radius 2 is 1.85 bits per heavy atom. The van der Waals surface area contributed by atoms with Gasteiger partial charge in [-0.1, -0.05) is 31.5 Å².